The van der Waals surface area contributed by atoms with Gasteiger partial charge in [0.1, 0.15) is 0 Å². The fourth-order valence-electron chi connectivity index (χ4n) is 2.25. The number of halogens is 2. The minimum absolute atomic E-state index is 0.206. The Morgan fingerprint density at radius 3 is 2.83 bits per heavy atom. The third kappa shape index (κ3) is 2.39. The molecule has 1 heterocycles. The van der Waals surface area contributed by atoms with Gasteiger partial charge in [0.25, 0.3) is 0 Å². The molecular weight excluding hydrogens is 299 g/mol. The summed E-state index contributed by atoms with van der Waals surface area (Å²) < 4.78 is 20.3. The highest BCUT2D eigenvalue weighted by atomic mass is 79.9. The molecule has 0 aliphatic carbocycles. The first-order valence-electron chi connectivity index (χ1n) is 5.99. The van der Waals surface area contributed by atoms with E-state index >= 15 is 0 Å². The molecule has 1 saturated heterocycles. The number of anilines is 1. The lowest BCUT2D eigenvalue weighted by Gasteiger charge is -2.44. The first kappa shape index (κ1) is 13.8. The molecule has 1 aromatic rings. The highest BCUT2D eigenvalue weighted by Gasteiger charge is 2.32. The second kappa shape index (κ2) is 5.15. The molecule has 2 N–H and O–H groups in total. The zero-order valence-corrected chi connectivity index (χ0v) is 12.3. The SMILES string of the molecule is CC1(C)COCCN1c1ccc(CN)c(Br)c1F. The molecule has 0 amide bonds. The number of benzene rings is 1. The molecule has 1 aliphatic rings. The van der Waals surface area contributed by atoms with Gasteiger partial charge in [-0.25, -0.2) is 4.39 Å². The number of hydrogen-bond acceptors (Lipinski definition) is 3. The Morgan fingerprint density at radius 2 is 2.22 bits per heavy atom. The number of morpholine rings is 1. The van der Waals surface area contributed by atoms with E-state index in [2.05, 4.69) is 34.7 Å². The molecule has 3 nitrogen and oxygen atoms in total. The van der Waals surface area contributed by atoms with E-state index in [1.165, 1.54) is 0 Å². The minimum Gasteiger partial charge on any atom is -0.377 e. The van der Waals surface area contributed by atoms with Gasteiger partial charge in [0.2, 0.25) is 0 Å². The lowest BCUT2D eigenvalue weighted by molar-refractivity contribution is 0.0639. The molecule has 100 valence electrons. The van der Waals surface area contributed by atoms with Crippen LogP contribution >= 0.6 is 15.9 Å². The van der Waals surface area contributed by atoms with Crippen molar-refractivity contribution in [2.75, 3.05) is 24.7 Å². The Balaban J connectivity index is 2.42. The molecule has 0 saturated carbocycles. The van der Waals surface area contributed by atoms with Crippen LogP contribution in [-0.2, 0) is 11.3 Å². The molecule has 18 heavy (non-hydrogen) atoms. The largest absolute Gasteiger partial charge is 0.377 e. The van der Waals surface area contributed by atoms with Crippen LogP contribution in [-0.4, -0.2) is 25.3 Å². The van der Waals surface area contributed by atoms with Crippen LogP contribution in [0.5, 0.6) is 0 Å². The van der Waals surface area contributed by atoms with E-state index in [1.54, 1.807) is 6.07 Å². The second-order valence-corrected chi connectivity index (χ2v) is 5.89. The van der Waals surface area contributed by atoms with Crippen LogP contribution in [0.3, 0.4) is 0 Å². The third-order valence-corrected chi connectivity index (χ3v) is 4.16. The van der Waals surface area contributed by atoms with Gasteiger partial charge in [-0.05, 0) is 41.4 Å². The molecule has 0 bridgehead atoms. The fraction of sp³-hybridized carbons (Fsp3) is 0.538. The molecule has 0 spiro atoms. The van der Waals surface area contributed by atoms with Crippen LogP contribution in [0.1, 0.15) is 19.4 Å². The van der Waals surface area contributed by atoms with E-state index in [9.17, 15) is 4.39 Å². The van der Waals surface area contributed by atoms with Crippen molar-refractivity contribution in [1.29, 1.82) is 0 Å². The van der Waals surface area contributed by atoms with Crippen LogP contribution in [0.15, 0.2) is 16.6 Å². The number of nitrogens with zero attached hydrogens (tertiary/aromatic N) is 1. The van der Waals surface area contributed by atoms with Crippen molar-refractivity contribution in [1.82, 2.24) is 0 Å². The Bertz CT molecular complexity index is 451. The van der Waals surface area contributed by atoms with Crippen molar-refractivity contribution in [2.45, 2.75) is 25.9 Å². The van der Waals surface area contributed by atoms with Gasteiger partial charge >= 0.3 is 0 Å². The summed E-state index contributed by atoms with van der Waals surface area (Å²) in [5.41, 5.74) is 6.75. The van der Waals surface area contributed by atoms with Gasteiger partial charge in [0.15, 0.2) is 5.82 Å². The Kier molecular flexibility index (Phi) is 3.94. The van der Waals surface area contributed by atoms with Gasteiger partial charge in [-0.3, -0.25) is 0 Å². The normalized spacial score (nSPS) is 19.1. The van der Waals surface area contributed by atoms with Gasteiger partial charge in [-0.15, -0.1) is 0 Å². The summed E-state index contributed by atoms with van der Waals surface area (Å²) in [6.45, 7) is 6.34. The maximum Gasteiger partial charge on any atom is 0.160 e. The second-order valence-electron chi connectivity index (χ2n) is 5.09. The molecule has 0 atom stereocenters. The number of hydrogen-bond donors (Lipinski definition) is 1. The highest BCUT2D eigenvalue weighted by molar-refractivity contribution is 9.10. The smallest absolute Gasteiger partial charge is 0.160 e. The minimum atomic E-state index is -0.243. The molecule has 1 aliphatic heterocycles. The van der Waals surface area contributed by atoms with Gasteiger partial charge in [-0.1, -0.05) is 6.07 Å². The molecule has 2 rings (SSSR count). The van der Waals surface area contributed by atoms with E-state index < -0.39 is 0 Å². The van der Waals surface area contributed by atoms with Crippen molar-refractivity contribution in [3.05, 3.63) is 28.0 Å². The predicted molar refractivity (Wildman–Crippen MR) is 74.2 cm³/mol. The van der Waals surface area contributed by atoms with E-state index in [1.807, 2.05) is 6.07 Å². The van der Waals surface area contributed by atoms with Gasteiger partial charge < -0.3 is 15.4 Å². The first-order chi connectivity index (χ1) is 8.47. The lowest BCUT2D eigenvalue weighted by atomic mass is 10.0. The number of nitrogens with two attached hydrogens (primary N) is 1. The summed E-state index contributed by atoms with van der Waals surface area (Å²) in [7, 11) is 0. The molecule has 1 fully saturated rings. The molecular formula is C13H18BrFN2O. The zero-order valence-electron chi connectivity index (χ0n) is 10.7. The maximum absolute atomic E-state index is 14.4. The molecule has 0 aromatic heterocycles. The maximum atomic E-state index is 14.4. The van der Waals surface area contributed by atoms with Crippen molar-refractivity contribution in [3.63, 3.8) is 0 Å². The Morgan fingerprint density at radius 1 is 1.50 bits per heavy atom. The molecule has 0 radical (unpaired) electrons. The van der Waals surface area contributed by atoms with Crippen molar-refractivity contribution in [2.24, 2.45) is 5.73 Å². The summed E-state index contributed by atoms with van der Waals surface area (Å²) in [4.78, 5) is 2.05. The Labute approximate surface area is 115 Å². The molecule has 5 heteroatoms. The summed E-state index contributed by atoms with van der Waals surface area (Å²) >= 11 is 3.28. The van der Waals surface area contributed by atoms with Gasteiger partial charge in [0.05, 0.1) is 28.9 Å². The third-order valence-electron chi connectivity index (χ3n) is 3.30. The summed E-state index contributed by atoms with van der Waals surface area (Å²) in [5.74, 6) is -0.243. The molecule has 0 unspecified atom stereocenters. The zero-order chi connectivity index (χ0) is 13.3. The van der Waals surface area contributed by atoms with Crippen LogP contribution in [0.25, 0.3) is 0 Å². The van der Waals surface area contributed by atoms with E-state index in [0.717, 1.165) is 5.56 Å². The predicted octanol–water partition coefficient (Wildman–Crippen LogP) is 2.66. The average molecular weight is 317 g/mol. The number of rotatable bonds is 2. The fourth-order valence-corrected chi connectivity index (χ4v) is 2.75. The first-order valence-corrected chi connectivity index (χ1v) is 6.79. The van der Waals surface area contributed by atoms with Crippen LogP contribution in [0.2, 0.25) is 0 Å². The van der Waals surface area contributed by atoms with Crippen molar-refractivity contribution in [3.8, 4) is 0 Å². The molecule has 1 aromatic carbocycles. The average Bonchev–Trinajstić information content (AvgIpc) is 2.33. The monoisotopic (exact) mass is 316 g/mol. The quantitative estimate of drug-likeness (QED) is 0.911. The van der Waals surface area contributed by atoms with E-state index in [-0.39, 0.29) is 11.4 Å². The van der Waals surface area contributed by atoms with Crippen molar-refractivity contribution < 1.29 is 9.13 Å². The van der Waals surface area contributed by atoms with Crippen LogP contribution in [0, 0.1) is 5.82 Å². The number of ether oxygens (including phenoxy) is 1. The van der Waals surface area contributed by atoms with Gasteiger partial charge in [-0.2, -0.15) is 0 Å². The van der Waals surface area contributed by atoms with E-state index in [4.69, 9.17) is 10.5 Å². The van der Waals surface area contributed by atoms with Gasteiger partial charge in [0, 0.05) is 13.1 Å². The van der Waals surface area contributed by atoms with Crippen LogP contribution in [0.4, 0.5) is 10.1 Å². The summed E-state index contributed by atoms with van der Waals surface area (Å²) in [6, 6.07) is 3.67. The summed E-state index contributed by atoms with van der Waals surface area (Å²) in [5, 5.41) is 0. The topological polar surface area (TPSA) is 38.5 Å². The van der Waals surface area contributed by atoms with Crippen molar-refractivity contribution >= 4 is 21.6 Å². The lowest BCUT2D eigenvalue weighted by Crippen LogP contribution is -2.53. The highest BCUT2D eigenvalue weighted by Crippen LogP contribution is 2.34. The van der Waals surface area contributed by atoms with Crippen LogP contribution < -0.4 is 10.6 Å². The van der Waals surface area contributed by atoms with E-state index in [0.29, 0.717) is 36.5 Å². The Hall–Kier alpha value is -0.650. The summed E-state index contributed by atoms with van der Waals surface area (Å²) in [6.07, 6.45) is 0. The standard InChI is InChI=1S/C13H18BrFN2O/c1-13(2)8-18-6-5-17(13)10-4-3-9(7-16)11(14)12(10)15/h3-4H,5-8,16H2,1-2H3.